The van der Waals surface area contributed by atoms with Gasteiger partial charge >= 0.3 is 0 Å². The lowest BCUT2D eigenvalue weighted by Crippen LogP contribution is -2.44. The first-order valence-electron chi connectivity index (χ1n) is 8.23. The molecule has 0 unspecified atom stereocenters. The molecule has 0 saturated carbocycles. The summed E-state index contributed by atoms with van der Waals surface area (Å²) >= 11 is 5.75. The third-order valence-corrected chi connectivity index (χ3v) is 4.60. The second-order valence-electron chi connectivity index (χ2n) is 6.79. The number of nitrogens with one attached hydrogen (secondary N) is 1. The van der Waals surface area contributed by atoms with Gasteiger partial charge in [0.05, 0.1) is 31.7 Å². The summed E-state index contributed by atoms with van der Waals surface area (Å²) in [6, 6.07) is 9.31. The van der Waals surface area contributed by atoms with Crippen molar-refractivity contribution in [3.05, 3.63) is 47.9 Å². The molecule has 0 spiro atoms. The largest absolute Gasteiger partial charge is 0.505 e. The minimum absolute atomic E-state index is 0.0637. The normalized spacial score (nSPS) is 15.5. The van der Waals surface area contributed by atoms with E-state index >= 15 is 0 Å². The van der Waals surface area contributed by atoms with Crippen LogP contribution in [0.5, 0.6) is 11.5 Å². The molecule has 1 fully saturated rings. The molecule has 0 atom stereocenters. The molecule has 4 rings (SSSR count). The van der Waals surface area contributed by atoms with Crippen LogP contribution in [0.4, 0.5) is 11.5 Å². The first-order chi connectivity index (χ1) is 12.5. The average molecular weight is 372 g/mol. The number of nitrogens with zero attached hydrogens (tertiary/aromatic N) is 2. The zero-order valence-electron chi connectivity index (χ0n) is 14.2. The van der Waals surface area contributed by atoms with E-state index in [9.17, 15) is 5.11 Å². The molecule has 2 aromatic heterocycles. The van der Waals surface area contributed by atoms with Crippen LogP contribution in [0.15, 0.2) is 42.7 Å². The van der Waals surface area contributed by atoms with E-state index in [1.165, 1.54) is 6.07 Å². The SMILES string of the molecule is CC1(COc2ccc3c(Nc4cnc(Cl)c(O)c4)nccc3c2)COC1. The second-order valence-corrected chi connectivity index (χ2v) is 7.15. The number of ether oxygens (including phenoxy) is 2. The fourth-order valence-electron chi connectivity index (χ4n) is 2.78. The first kappa shape index (κ1) is 16.9. The van der Waals surface area contributed by atoms with E-state index in [1.54, 1.807) is 12.4 Å². The number of pyridine rings is 2. The topological polar surface area (TPSA) is 76.5 Å². The lowest BCUT2D eigenvalue weighted by Gasteiger charge is -2.37. The van der Waals surface area contributed by atoms with Crippen LogP contribution in [-0.2, 0) is 4.74 Å². The third kappa shape index (κ3) is 3.38. The number of fused-ring (bicyclic) bond motifs is 1. The Balaban J connectivity index is 1.57. The molecule has 3 aromatic rings. The van der Waals surface area contributed by atoms with E-state index in [2.05, 4.69) is 22.2 Å². The fourth-order valence-corrected chi connectivity index (χ4v) is 2.88. The summed E-state index contributed by atoms with van der Waals surface area (Å²) in [7, 11) is 0. The zero-order chi connectivity index (χ0) is 18.1. The Morgan fingerprint density at radius 3 is 2.85 bits per heavy atom. The van der Waals surface area contributed by atoms with Gasteiger partial charge < -0.3 is 19.9 Å². The molecule has 3 heterocycles. The van der Waals surface area contributed by atoms with Crippen molar-refractivity contribution in [2.75, 3.05) is 25.1 Å². The van der Waals surface area contributed by atoms with Crippen LogP contribution in [0.1, 0.15) is 6.92 Å². The Labute approximate surface area is 155 Å². The number of aromatic hydroxyl groups is 1. The molecular formula is C19H18ClN3O3. The predicted octanol–water partition coefficient (Wildman–Crippen LogP) is 4.15. The molecule has 1 aliphatic rings. The molecule has 1 aromatic carbocycles. The van der Waals surface area contributed by atoms with Crippen molar-refractivity contribution >= 4 is 33.9 Å². The van der Waals surface area contributed by atoms with Crippen molar-refractivity contribution in [2.45, 2.75) is 6.92 Å². The molecule has 0 aliphatic carbocycles. The molecule has 26 heavy (non-hydrogen) atoms. The second kappa shape index (κ2) is 6.63. The van der Waals surface area contributed by atoms with E-state index in [1.807, 2.05) is 24.3 Å². The Bertz CT molecular complexity index is 960. The molecule has 1 saturated heterocycles. The molecule has 0 radical (unpaired) electrons. The van der Waals surface area contributed by atoms with E-state index in [0.717, 1.165) is 29.7 Å². The van der Waals surface area contributed by atoms with Gasteiger partial charge in [-0.1, -0.05) is 18.5 Å². The molecular weight excluding hydrogens is 354 g/mol. The maximum atomic E-state index is 9.70. The van der Waals surface area contributed by atoms with Gasteiger partial charge in [-0.15, -0.1) is 0 Å². The summed E-state index contributed by atoms with van der Waals surface area (Å²) in [4.78, 5) is 8.31. The summed E-state index contributed by atoms with van der Waals surface area (Å²) in [5, 5.41) is 14.9. The number of anilines is 2. The lowest BCUT2D eigenvalue weighted by atomic mass is 9.90. The van der Waals surface area contributed by atoms with Gasteiger partial charge in [-0.05, 0) is 29.7 Å². The molecule has 2 N–H and O–H groups in total. The maximum absolute atomic E-state index is 9.70. The van der Waals surface area contributed by atoms with Gasteiger partial charge in [-0.3, -0.25) is 0 Å². The fraction of sp³-hybridized carbons (Fsp3) is 0.263. The Hall–Kier alpha value is -2.57. The summed E-state index contributed by atoms with van der Waals surface area (Å²) in [5.74, 6) is 1.39. The number of hydrogen-bond donors (Lipinski definition) is 2. The molecule has 1 aliphatic heterocycles. The van der Waals surface area contributed by atoms with Crippen molar-refractivity contribution in [1.29, 1.82) is 0 Å². The maximum Gasteiger partial charge on any atom is 0.170 e. The van der Waals surface area contributed by atoms with Gasteiger partial charge in [0.15, 0.2) is 10.9 Å². The number of aromatic nitrogens is 2. The van der Waals surface area contributed by atoms with Crippen molar-refractivity contribution in [1.82, 2.24) is 9.97 Å². The molecule has 7 heteroatoms. The predicted molar refractivity (Wildman–Crippen MR) is 100 cm³/mol. The molecule has 134 valence electrons. The highest BCUT2D eigenvalue weighted by Gasteiger charge is 2.34. The van der Waals surface area contributed by atoms with E-state index in [4.69, 9.17) is 21.1 Å². The Kier molecular flexibility index (Phi) is 4.30. The summed E-state index contributed by atoms with van der Waals surface area (Å²) in [6.07, 6.45) is 3.26. The Morgan fingerprint density at radius 2 is 2.12 bits per heavy atom. The van der Waals surface area contributed by atoms with Crippen LogP contribution in [0.3, 0.4) is 0 Å². The van der Waals surface area contributed by atoms with Gasteiger partial charge in [0.25, 0.3) is 0 Å². The number of benzene rings is 1. The summed E-state index contributed by atoms with van der Waals surface area (Å²) in [5.41, 5.74) is 0.703. The number of halogens is 1. The highest BCUT2D eigenvalue weighted by molar-refractivity contribution is 6.30. The molecule has 6 nitrogen and oxygen atoms in total. The zero-order valence-corrected chi connectivity index (χ0v) is 15.0. The van der Waals surface area contributed by atoms with Crippen LogP contribution in [0.25, 0.3) is 10.8 Å². The number of rotatable bonds is 5. The van der Waals surface area contributed by atoms with Gasteiger partial charge in [-0.2, -0.15) is 0 Å². The van der Waals surface area contributed by atoms with E-state index in [-0.39, 0.29) is 16.3 Å². The van der Waals surface area contributed by atoms with Crippen LogP contribution in [-0.4, -0.2) is 34.9 Å². The summed E-state index contributed by atoms with van der Waals surface area (Å²) in [6.45, 7) is 4.25. The standard InChI is InChI=1S/C19H18ClN3O3/c1-19(9-25-10-19)11-26-14-2-3-15-12(6-14)4-5-21-18(15)23-13-7-16(24)17(20)22-8-13/h2-8,24H,9-11H2,1H3,(H,21,23). The van der Waals surface area contributed by atoms with Crippen LogP contribution in [0.2, 0.25) is 5.15 Å². The van der Waals surface area contributed by atoms with Crippen molar-refractivity contribution < 1.29 is 14.6 Å². The van der Waals surface area contributed by atoms with Crippen LogP contribution in [0, 0.1) is 5.41 Å². The van der Waals surface area contributed by atoms with Gasteiger partial charge in [0.1, 0.15) is 11.6 Å². The summed E-state index contributed by atoms with van der Waals surface area (Å²) < 4.78 is 11.2. The minimum Gasteiger partial charge on any atom is -0.505 e. The van der Waals surface area contributed by atoms with E-state index < -0.39 is 0 Å². The number of hydrogen-bond acceptors (Lipinski definition) is 6. The quantitative estimate of drug-likeness (QED) is 0.656. The third-order valence-electron chi connectivity index (χ3n) is 4.31. The van der Waals surface area contributed by atoms with Crippen molar-refractivity contribution in [3.8, 4) is 11.5 Å². The van der Waals surface area contributed by atoms with E-state index in [0.29, 0.717) is 18.1 Å². The van der Waals surface area contributed by atoms with Gasteiger partial charge in [0, 0.05) is 23.1 Å². The van der Waals surface area contributed by atoms with Gasteiger partial charge in [0.2, 0.25) is 0 Å². The van der Waals surface area contributed by atoms with Crippen molar-refractivity contribution in [2.24, 2.45) is 5.41 Å². The average Bonchev–Trinajstić information content (AvgIpc) is 2.61. The highest BCUT2D eigenvalue weighted by atomic mass is 35.5. The molecule has 0 bridgehead atoms. The van der Waals surface area contributed by atoms with Crippen LogP contribution < -0.4 is 10.1 Å². The van der Waals surface area contributed by atoms with Crippen molar-refractivity contribution in [3.63, 3.8) is 0 Å². The molecule has 0 amide bonds. The Morgan fingerprint density at radius 1 is 1.27 bits per heavy atom. The van der Waals surface area contributed by atoms with Gasteiger partial charge in [-0.25, -0.2) is 9.97 Å². The minimum atomic E-state index is -0.0824. The monoisotopic (exact) mass is 371 g/mol. The highest BCUT2D eigenvalue weighted by Crippen LogP contribution is 2.31. The first-order valence-corrected chi connectivity index (χ1v) is 8.61. The van der Waals surface area contributed by atoms with Crippen LogP contribution >= 0.6 is 11.6 Å². The smallest absolute Gasteiger partial charge is 0.170 e. The lowest BCUT2D eigenvalue weighted by molar-refractivity contribution is -0.120.